The summed E-state index contributed by atoms with van der Waals surface area (Å²) in [6, 6.07) is 16.2. The van der Waals surface area contributed by atoms with E-state index in [1.807, 2.05) is 29.2 Å². The van der Waals surface area contributed by atoms with Gasteiger partial charge in [-0.05, 0) is 61.5 Å². The van der Waals surface area contributed by atoms with Crippen molar-refractivity contribution in [3.8, 4) is 5.75 Å². The minimum Gasteiger partial charge on any atom is -0.497 e. The lowest BCUT2D eigenvalue weighted by atomic mass is 9.93. The Bertz CT molecular complexity index is 936. The molecule has 0 aliphatic carbocycles. The highest BCUT2D eigenvalue weighted by atomic mass is 16.5. The molecule has 0 atom stereocenters. The van der Waals surface area contributed by atoms with Crippen molar-refractivity contribution in [3.05, 3.63) is 65.4 Å². The molecule has 1 aromatic heterocycles. The van der Waals surface area contributed by atoms with Crippen LogP contribution in [0.1, 0.15) is 40.4 Å². The van der Waals surface area contributed by atoms with Crippen LogP contribution in [0.25, 0.3) is 10.9 Å². The van der Waals surface area contributed by atoms with E-state index in [1.54, 1.807) is 7.11 Å². The Labute approximate surface area is 153 Å². The van der Waals surface area contributed by atoms with E-state index in [2.05, 4.69) is 36.2 Å². The zero-order valence-corrected chi connectivity index (χ0v) is 15.3. The average molecular weight is 348 g/mol. The van der Waals surface area contributed by atoms with Gasteiger partial charge in [0, 0.05) is 35.8 Å². The van der Waals surface area contributed by atoms with Crippen LogP contribution in [0.2, 0.25) is 0 Å². The van der Waals surface area contributed by atoms with Crippen LogP contribution in [-0.2, 0) is 0 Å². The molecule has 1 saturated heterocycles. The van der Waals surface area contributed by atoms with E-state index in [0.717, 1.165) is 31.7 Å². The zero-order valence-electron chi connectivity index (χ0n) is 15.3. The summed E-state index contributed by atoms with van der Waals surface area (Å²) in [7, 11) is 1.62. The van der Waals surface area contributed by atoms with Crippen LogP contribution in [0.4, 0.5) is 0 Å². The topological polar surface area (TPSA) is 45.3 Å². The largest absolute Gasteiger partial charge is 0.497 e. The number of benzene rings is 2. The first kappa shape index (κ1) is 16.7. The second kappa shape index (κ2) is 6.87. The fraction of sp³-hybridized carbons (Fsp3) is 0.318. The maximum atomic E-state index is 12.8. The van der Waals surface area contributed by atoms with Crippen LogP contribution >= 0.6 is 0 Å². The first-order chi connectivity index (χ1) is 12.6. The number of hydrogen-bond donors (Lipinski definition) is 1. The van der Waals surface area contributed by atoms with E-state index < -0.39 is 0 Å². The highest BCUT2D eigenvalue weighted by Crippen LogP contribution is 2.31. The summed E-state index contributed by atoms with van der Waals surface area (Å²) in [5.74, 6) is 1.30. The zero-order chi connectivity index (χ0) is 18.1. The van der Waals surface area contributed by atoms with E-state index >= 15 is 0 Å². The predicted octanol–water partition coefficient (Wildman–Crippen LogP) is 4.50. The molecule has 0 bridgehead atoms. The molecular weight excluding hydrogens is 324 g/mol. The van der Waals surface area contributed by atoms with Gasteiger partial charge in [0.05, 0.1) is 7.11 Å². The number of methoxy groups -OCH3 is 1. The van der Waals surface area contributed by atoms with Crippen molar-refractivity contribution in [1.29, 1.82) is 0 Å². The van der Waals surface area contributed by atoms with Crippen LogP contribution < -0.4 is 4.74 Å². The van der Waals surface area contributed by atoms with E-state index in [9.17, 15) is 4.79 Å². The van der Waals surface area contributed by atoms with Crippen molar-refractivity contribution in [3.63, 3.8) is 0 Å². The first-order valence-electron chi connectivity index (χ1n) is 9.16. The first-order valence-corrected chi connectivity index (χ1v) is 9.16. The molecule has 1 aliphatic heterocycles. The lowest BCUT2D eigenvalue weighted by Crippen LogP contribution is -2.38. The summed E-state index contributed by atoms with van der Waals surface area (Å²) in [6.45, 7) is 3.69. The second-order valence-electron chi connectivity index (χ2n) is 7.11. The van der Waals surface area contributed by atoms with Crippen LogP contribution in [0.3, 0.4) is 0 Å². The Kier molecular flexibility index (Phi) is 4.41. The molecule has 4 heteroatoms. The van der Waals surface area contributed by atoms with Gasteiger partial charge in [0.15, 0.2) is 0 Å². The molecule has 1 fully saturated rings. The number of carbonyl (C=O) groups is 1. The Hall–Kier alpha value is -2.75. The van der Waals surface area contributed by atoms with E-state index in [1.165, 1.54) is 22.2 Å². The summed E-state index contributed by atoms with van der Waals surface area (Å²) in [5.41, 5.74) is 4.46. The normalized spacial score (nSPS) is 15.4. The molecule has 0 saturated carbocycles. The van der Waals surface area contributed by atoms with Gasteiger partial charge in [-0.15, -0.1) is 0 Å². The standard InChI is InChI=1S/C22H24N2O2/c1-15-6-7-20-18(12-15)14-21(23-20)16-8-10-24(11-9-16)22(25)17-4-3-5-19(13-17)26-2/h3-7,12-14,16,23H,8-11H2,1-2H3. The van der Waals surface area contributed by atoms with Crippen molar-refractivity contribution >= 4 is 16.8 Å². The molecule has 4 rings (SSSR count). The molecule has 0 unspecified atom stereocenters. The van der Waals surface area contributed by atoms with E-state index in [-0.39, 0.29) is 5.91 Å². The van der Waals surface area contributed by atoms with Gasteiger partial charge in [-0.25, -0.2) is 0 Å². The molecule has 2 aromatic carbocycles. The number of carbonyl (C=O) groups excluding carboxylic acids is 1. The van der Waals surface area contributed by atoms with E-state index in [4.69, 9.17) is 4.74 Å². The summed E-state index contributed by atoms with van der Waals surface area (Å²) in [6.07, 6.45) is 1.98. The molecule has 0 radical (unpaired) electrons. The third kappa shape index (κ3) is 3.19. The van der Waals surface area contributed by atoms with E-state index in [0.29, 0.717) is 11.5 Å². The summed E-state index contributed by atoms with van der Waals surface area (Å²) in [4.78, 5) is 18.3. The smallest absolute Gasteiger partial charge is 0.253 e. The molecule has 3 aromatic rings. The summed E-state index contributed by atoms with van der Waals surface area (Å²) in [5, 5.41) is 1.27. The van der Waals surface area contributed by atoms with Gasteiger partial charge in [0.1, 0.15) is 5.75 Å². The number of likely N-dealkylation sites (tertiary alicyclic amines) is 1. The van der Waals surface area contributed by atoms with Gasteiger partial charge in [-0.1, -0.05) is 17.7 Å². The van der Waals surface area contributed by atoms with Crippen LogP contribution in [-0.4, -0.2) is 36.0 Å². The maximum Gasteiger partial charge on any atom is 0.253 e. The molecule has 1 N–H and O–H groups in total. The number of aromatic amines is 1. The lowest BCUT2D eigenvalue weighted by molar-refractivity contribution is 0.0712. The highest BCUT2D eigenvalue weighted by Gasteiger charge is 2.25. The van der Waals surface area contributed by atoms with Crippen molar-refractivity contribution < 1.29 is 9.53 Å². The molecule has 134 valence electrons. The molecule has 4 nitrogen and oxygen atoms in total. The van der Waals surface area contributed by atoms with Crippen molar-refractivity contribution in [2.24, 2.45) is 0 Å². The number of fused-ring (bicyclic) bond motifs is 1. The second-order valence-corrected chi connectivity index (χ2v) is 7.11. The van der Waals surface area contributed by atoms with Crippen LogP contribution in [0, 0.1) is 6.92 Å². The Balaban J connectivity index is 1.45. The van der Waals surface area contributed by atoms with Crippen LogP contribution in [0.15, 0.2) is 48.5 Å². The highest BCUT2D eigenvalue weighted by molar-refractivity contribution is 5.94. The Morgan fingerprint density at radius 1 is 1.12 bits per heavy atom. The Morgan fingerprint density at radius 3 is 2.69 bits per heavy atom. The molecule has 1 amide bonds. The van der Waals surface area contributed by atoms with Gasteiger partial charge in [-0.2, -0.15) is 0 Å². The monoisotopic (exact) mass is 348 g/mol. The number of H-pyrrole nitrogens is 1. The summed E-state index contributed by atoms with van der Waals surface area (Å²) >= 11 is 0. The lowest BCUT2D eigenvalue weighted by Gasteiger charge is -2.31. The van der Waals surface area contributed by atoms with Crippen LogP contribution in [0.5, 0.6) is 5.75 Å². The molecule has 26 heavy (non-hydrogen) atoms. The molecule has 1 aliphatic rings. The molecule has 2 heterocycles. The van der Waals surface area contributed by atoms with Crippen molar-refractivity contribution in [2.45, 2.75) is 25.7 Å². The number of aromatic nitrogens is 1. The quantitative estimate of drug-likeness (QED) is 0.757. The van der Waals surface area contributed by atoms with Gasteiger partial charge < -0.3 is 14.6 Å². The minimum absolute atomic E-state index is 0.0922. The number of hydrogen-bond acceptors (Lipinski definition) is 2. The van der Waals surface area contributed by atoms with Crippen molar-refractivity contribution in [2.75, 3.05) is 20.2 Å². The number of piperidine rings is 1. The van der Waals surface area contributed by atoms with Gasteiger partial charge >= 0.3 is 0 Å². The van der Waals surface area contributed by atoms with Gasteiger partial charge in [-0.3, -0.25) is 4.79 Å². The number of nitrogens with one attached hydrogen (secondary N) is 1. The van der Waals surface area contributed by atoms with Crippen molar-refractivity contribution in [1.82, 2.24) is 9.88 Å². The fourth-order valence-electron chi connectivity index (χ4n) is 3.83. The van der Waals surface area contributed by atoms with Gasteiger partial charge in [0.2, 0.25) is 0 Å². The number of ether oxygens (including phenoxy) is 1. The fourth-order valence-corrected chi connectivity index (χ4v) is 3.83. The number of amides is 1. The number of rotatable bonds is 3. The minimum atomic E-state index is 0.0922. The third-order valence-corrected chi connectivity index (χ3v) is 5.34. The predicted molar refractivity (Wildman–Crippen MR) is 104 cm³/mol. The molecule has 0 spiro atoms. The van der Waals surface area contributed by atoms with Gasteiger partial charge in [0.25, 0.3) is 5.91 Å². The third-order valence-electron chi connectivity index (χ3n) is 5.34. The molecular formula is C22H24N2O2. The Morgan fingerprint density at radius 2 is 1.92 bits per heavy atom. The number of nitrogens with zero attached hydrogens (tertiary/aromatic N) is 1. The maximum absolute atomic E-state index is 12.8. The SMILES string of the molecule is COc1cccc(C(=O)N2CCC(c3cc4cc(C)ccc4[nH]3)CC2)c1. The summed E-state index contributed by atoms with van der Waals surface area (Å²) < 4.78 is 5.23. The average Bonchev–Trinajstić information content (AvgIpc) is 3.10. The number of aryl methyl sites for hydroxylation is 1.